The van der Waals surface area contributed by atoms with E-state index in [1.54, 1.807) is 4.31 Å². The minimum Gasteiger partial charge on any atom is -0.423 e. The van der Waals surface area contributed by atoms with Crippen molar-refractivity contribution in [2.24, 2.45) is 0 Å². The summed E-state index contributed by atoms with van der Waals surface area (Å²) < 4.78 is 33.6. The Morgan fingerprint density at radius 2 is 1.74 bits per heavy atom. The van der Waals surface area contributed by atoms with E-state index in [0.717, 1.165) is 16.5 Å². The van der Waals surface area contributed by atoms with Crippen molar-refractivity contribution in [1.29, 1.82) is 0 Å². The van der Waals surface area contributed by atoms with Crippen molar-refractivity contribution in [2.75, 3.05) is 39.3 Å². The van der Waals surface area contributed by atoms with Gasteiger partial charge in [-0.2, -0.15) is 17.0 Å². The summed E-state index contributed by atoms with van der Waals surface area (Å²) in [4.78, 5) is 14.1. The van der Waals surface area contributed by atoms with Crippen LogP contribution in [0.15, 0.2) is 33.5 Å². The van der Waals surface area contributed by atoms with Crippen molar-refractivity contribution in [3.63, 3.8) is 0 Å². The maximum absolute atomic E-state index is 12.6. The number of fused-ring (bicyclic) bond motifs is 1. The van der Waals surface area contributed by atoms with Gasteiger partial charge in [-0.15, -0.1) is 0 Å². The van der Waals surface area contributed by atoms with Crippen LogP contribution in [0.25, 0.3) is 11.0 Å². The zero-order valence-electron chi connectivity index (χ0n) is 16.1. The second-order valence-corrected chi connectivity index (χ2v) is 8.79. The Labute approximate surface area is 160 Å². The third-order valence-corrected chi connectivity index (χ3v) is 7.26. The maximum atomic E-state index is 12.6. The zero-order valence-corrected chi connectivity index (χ0v) is 17.0. The van der Waals surface area contributed by atoms with E-state index in [9.17, 15) is 13.2 Å². The Kier molecular flexibility index (Phi) is 6.00. The van der Waals surface area contributed by atoms with Gasteiger partial charge in [0.05, 0.1) is 0 Å². The number of piperazine rings is 1. The molecule has 0 radical (unpaired) electrons. The first kappa shape index (κ1) is 20.0. The molecule has 2 aromatic rings. The van der Waals surface area contributed by atoms with Crippen molar-refractivity contribution in [1.82, 2.24) is 13.5 Å². The molecule has 2 heterocycles. The molecular weight excluding hydrogens is 366 g/mol. The van der Waals surface area contributed by atoms with Crippen LogP contribution in [0, 0.1) is 6.92 Å². The summed E-state index contributed by atoms with van der Waals surface area (Å²) in [6, 6.07) is 7.38. The van der Waals surface area contributed by atoms with Gasteiger partial charge in [-0.25, -0.2) is 4.79 Å². The van der Waals surface area contributed by atoms with Crippen molar-refractivity contribution in [2.45, 2.75) is 27.3 Å². The van der Waals surface area contributed by atoms with Crippen LogP contribution in [0.3, 0.4) is 0 Å². The van der Waals surface area contributed by atoms with Gasteiger partial charge in [0.15, 0.2) is 0 Å². The molecule has 1 aromatic heterocycles. The maximum Gasteiger partial charge on any atom is 0.336 e. The molecule has 3 rings (SSSR count). The predicted octanol–water partition coefficient (Wildman–Crippen LogP) is 1.81. The van der Waals surface area contributed by atoms with Gasteiger partial charge in [-0.05, 0) is 24.1 Å². The quantitative estimate of drug-likeness (QED) is 0.700. The Balaban J connectivity index is 1.73. The van der Waals surface area contributed by atoms with Crippen LogP contribution in [0.5, 0.6) is 0 Å². The highest BCUT2D eigenvalue weighted by Gasteiger charge is 2.30. The van der Waals surface area contributed by atoms with Gasteiger partial charge in [0, 0.05) is 57.3 Å². The van der Waals surface area contributed by atoms with E-state index < -0.39 is 10.2 Å². The van der Waals surface area contributed by atoms with E-state index >= 15 is 0 Å². The molecule has 1 aliphatic rings. The molecule has 0 unspecified atom stereocenters. The first-order chi connectivity index (χ1) is 12.8. The number of benzene rings is 1. The SMILES string of the molecule is CCN(CC)S(=O)(=O)N1CCN(Cc2cc(=O)oc3cc(C)ccc23)CC1. The number of rotatable bonds is 6. The van der Waals surface area contributed by atoms with Crippen molar-refractivity contribution >= 4 is 21.2 Å². The molecule has 0 atom stereocenters. The highest BCUT2D eigenvalue weighted by Crippen LogP contribution is 2.21. The molecule has 0 aliphatic carbocycles. The molecule has 0 N–H and O–H groups in total. The third kappa shape index (κ3) is 4.24. The second kappa shape index (κ2) is 8.10. The van der Waals surface area contributed by atoms with Crippen LogP contribution in [0.1, 0.15) is 25.0 Å². The lowest BCUT2D eigenvalue weighted by molar-refractivity contribution is 0.175. The largest absolute Gasteiger partial charge is 0.423 e. The van der Waals surface area contributed by atoms with Crippen molar-refractivity contribution < 1.29 is 12.8 Å². The Bertz CT molecular complexity index is 959. The van der Waals surface area contributed by atoms with E-state index in [0.29, 0.717) is 51.4 Å². The Morgan fingerprint density at radius 1 is 1.07 bits per heavy atom. The van der Waals surface area contributed by atoms with E-state index in [-0.39, 0.29) is 5.63 Å². The molecule has 1 aliphatic heterocycles. The fourth-order valence-electron chi connectivity index (χ4n) is 3.54. The smallest absolute Gasteiger partial charge is 0.336 e. The van der Waals surface area contributed by atoms with Crippen LogP contribution in [-0.4, -0.2) is 61.2 Å². The summed E-state index contributed by atoms with van der Waals surface area (Å²) in [5.74, 6) is 0. The zero-order chi connectivity index (χ0) is 19.6. The second-order valence-electron chi connectivity index (χ2n) is 6.86. The molecule has 27 heavy (non-hydrogen) atoms. The highest BCUT2D eigenvalue weighted by atomic mass is 32.2. The summed E-state index contributed by atoms with van der Waals surface area (Å²) >= 11 is 0. The fraction of sp³-hybridized carbons (Fsp3) is 0.526. The van der Waals surface area contributed by atoms with Crippen LogP contribution >= 0.6 is 0 Å². The van der Waals surface area contributed by atoms with E-state index in [2.05, 4.69) is 4.90 Å². The van der Waals surface area contributed by atoms with E-state index in [1.165, 1.54) is 10.4 Å². The number of nitrogens with zero attached hydrogens (tertiary/aromatic N) is 3. The topological polar surface area (TPSA) is 74.1 Å². The molecule has 7 nitrogen and oxygen atoms in total. The lowest BCUT2D eigenvalue weighted by Gasteiger charge is -2.36. The monoisotopic (exact) mass is 393 g/mol. The van der Waals surface area contributed by atoms with Gasteiger partial charge in [0.2, 0.25) is 0 Å². The van der Waals surface area contributed by atoms with Crippen LogP contribution in [0.2, 0.25) is 0 Å². The van der Waals surface area contributed by atoms with Gasteiger partial charge in [-0.3, -0.25) is 4.90 Å². The summed E-state index contributed by atoms with van der Waals surface area (Å²) in [5.41, 5.74) is 2.20. The summed E-state index contributed by atoms with van der Waals surface area (Å²) in [6.45, 7) is 9.40. The molecule has 1 aromatic carbocycles. The van der Waals surface area contributed by atoms with Gasteiger partial charge in [-0.1, -0.05) is 26.0 Å². The first-order valence-corrected chi connectivity index (χ1v) is 10.8. The van der Waals surface area contributed by atoms with E-state index in [4.69, 9.17) is 4.42 Å². The average Bonchev–Trinajstić information content (AvgIpc) is 2.62. The first-order valence-electron chi connectivity index (χ1n) is 9.36. The lowest BCUT2D eigenvalue weighted by Crippen LogP contribution is -2.52. The highest BCUT2D eigenvalue weighted by molar-refractivity contribution is 7.86. The van der Waals surface area contributed by atoms with Crippen molar-refractivity contribution in [3.8, 4) is 0 Å². The Morgan fingerprint density at radius 3 is 2.37 bits per heavy atom. The Hall–Kier alpha value is -1.74. The minimum atomic E-state index is -3.39. The number of hydrogen-bond acceptors (Lipinski definition) is 5. The molecule has 8 heteroatoms. The molecule has 0 amide bonds. The predicted molar refractivity (Wildman–Crippen MR) is 106 cm³/mol. The number of hydrogen-bond donors (Lipinski definition) is 0. The fourth-order valence-corrected chi connectivity index (χ4v) is 5.14. The van der Waals surface area contributed by atoms with Crippen LogP contribution in [-0.2, 0) is 16.8 Å². The summed E-state index contributed by atoms with van der Waals surface area (Å²) in [6.07, 6.45) is 0. The molecule has 148 valence electrons. The minimum absolute atomic E-state index is 0.356. The van der Waals surface area contributed by atoms with Crippen LogP contribution < -0.4 is 5.63 Å². The van der Waals surface area contributed by atoms with Crippen LogP contribution in [0.4, 0.5) is 0 Å². The van der Waals surface area contributed by atoms with Gasteiger partial charge < -0.3 is 4.42 Å². The van der Waals surface area contributed by atoms with Gasteiger partial charge >= 0.3 is 5.63 Å². The molecule has 0 saturated carbocycles. The van der Waals surface area contributed by atoms with Gasteiger partial charge in [0.1, 0.15) is 5.58 Å². The van der Waals surface area contributed by atoms with E-state index in [1.807, 2.05) is 39.0 Å². The van der Waals surface area contributed by atoms with Gasteiger partial charge in [0.25, 0.3) is 10.2 Å². The number of aryl methyl sites for hydroxylation is 1. The standard InChI is InChI=1S/C19H27N3O4S/c1-4-21(5-2)27(24,25)22-10-8-20(9-11-22)14-16-13-19(23)26-18-12-15(3)6-7-17(16)18/h6-7,12-13H,4-5,8-11,14H2,1-3H3. The molecule has 0 spiro atoms. The molecule has 0 bridgehead atoms. The average molecular weight is 394 g/mol. The third-order valence-electron chi connectivity index (χ3n) is 5.07. The molecule has 1 fully saturated rings. The summed E-state index contributed by atoms with van der Waals surface area (Å²) in [7, 11) is -3.39. The molecular formula is C19H27N3O4S. The van der Waals surface area contributed by atoms with Crippen molar-refractivity contribution in [3.05, 3.63) is 45.8 Å². The summed E-state index contributed by atoms with van der Waals surface area (Å²) in [5, 5.41) is 0.929. The molecule has 1 saturated heterocycles. The lowest BCUT2D eigenvalue weighted by atomic mass is 10.1. The normalized spacial score (nSPS) is 17.0.